The molecule has 19 rings (SSSR count). The fourth-order valence-electron chi connectivity index (χ4n) is 19.1. The summed E-state index contributed by atoms with van der Waals surface area (Å²) in [6.07, 6.45) is 10.9. The third-order valence-electron chi connectivity index (χ3n) is 27.3. The van der Waals surface area contributed by atoms with Gasteiger partial charge in [-0.1, -0.05) is 118 Å². The van der Waals surface area contributed by atoms with E-state index in [0.717, 1.165) is 135 Å². The summed E-state index contributed by atoms with van der Waals surface area (Å²) in [6.45, 7) is 19.1. The number of methoxy groups -OCH3 is 1. The zero-order valence-corrected chi connectivity index (χ0v) is 82.8. The van der Waals surface area contributed by atoms with E-state index in [-0.39, 0.29) is 64.7 Å². The summed E-state index contributed by atoms with van der Waals surface area (Å²) in [6, 6.07) is 74.7. The molecule has 7 atom stereocenters. The molecule has 1 saturated heterocycles. The van der Waals surface area contributed by atoms with Gasteiger partial charge in [0.25, 0.3) is 5.91 Å². The summed E-state index contributed by atoms with van der Waals surface area (Å²) in [5, 5.41) is 46.2. The van der Waals surface area contributed by atoms with E-state index in [2.05, 4.69) is 82.7 Å². The Morgan fingerprint density at radius 3 is 1.49 bits per heavy atom. The number of rotatable bonds is 18. The highest BCUT2D eigenvalue weighted by Crippen LogP contribution is 2.51. The molecule has 1 fully saturated rings. The van der Waals surface area contributed by atoms with Gasteiger partial charge in [0.15, 0.2) is 29.4 Å². The van der Waals surface area contributed by atoms with Crippen molar-refractivity contribution < 1.29 is 28.7 Å². The number of likely N-dealkylation sites (N-methyl/N-ethyl adjacent to an activating group) is 3. The number of hydrogen-bond acceptors (Lipinski definition) is 24. The monoisotopic (exact) mass is 1910 g/mol. The van der Waals surface area contributed by atoms with Gasteiger partial charge in [-0.2, -0.15) is 26.0 Å². The highest BCUT2D eigenvalue weighted by molar-refractivity contribution is 7.11. The molecule has 5 aliphatic rings. The van der Waals surface area contributed by atoms with Crippen molar-refractivity contribution >= 4 is 97.9 Å². The predicted octanol–water partition coefficient (Wildman–Crippen LogP) is 16.3. The number of carbonyl (C=O) groups excluding carboxylic acids is 5. The van der Waals surface area contributed by atoms with Crippen LogP contribution >= 0.6 is 22.7 Å². The fourth-order valence-corrected chi connectivity index (χ4v) is 21.2. The SMILES string of the molecule is CN1C(=O)[C@@H](c2ccc3nn(C)cc3c2)[C@@](C)(c2cc(-c3cccc(C#N)c3)cs2)N=C1N.CN1C(=O)[C@H](c2ccc(C(C)(C)C)cc2)[C@@](C)(c2ccnc(-c3cccc(C#N)c3)c2)N=C1N.CN1C(=O)[C@H](c2ccc3nn(C)cc3c2)[C@@](C)(c2cc(-c3cccc(C#N)c3)cs2)N=C1N.COc1ccc(CNCc2ccncc2)c(-c2cccc(C3(C)N=C(N)N(CC4CCN(C(C)=O)CC4)C3=O)c2)c1. The number of aliphatic imine (C=N–C) groups is 4. The third-order valence-corrected chi connectivity index (χ3v) is 29.6. The van der Waals surface area contributed by atoms with Crippen LogP contribution in [-0.2, 0) is 78.7 Å². The Bertz CT molecular complexity index is 7220. The minimum atomic E-state index is -1.11. The summed E-state index contributed by atoms with van der Waals surface area (Å²) in [4.78, 5) is 104. The van der Waals surface area contributed by atoms with Crippen LogP contribution in [0.15, 0.2) is 274 Å². The Balaban J connectivity index is 0.000000136. The number of nitrogens with zero attached hydrogens (tertiary/aromatic N) is 18. The van der Waals surface area contributed by atoms with Gasteiger partial charge in [0.2, 0.25) is 23.6 Å². The number of hydrogen-bond donors (Lipinski definition) is 5. The number of guanidine groups is 4. The van der Waals surface area contributed by atoms with Crippen molar-refractivity contribution in [2.24, 2.45) is 62.9 Å². The average molecular weight is 1920 g/mol. The van der Waals surface area contributed by atoms with E-state index in [1.54, 1.807) is 115 Å². The van der Waals surface area contributed by atoms with Crippen LogP contribution in [0.25, 0.3) is 66.4 Å². The van der Waals surface area contributed by atoms with Gasteiger partial charge in [0, 0.05) is 132 Å². The number of pyridine rings is 2. The number of aryl methyl sites for hydroxylation is 2. The maximum Gasteiger partial charge on any atom is 0.261 e. The first-order valence-electron chi connectivity index (χ1n) is 46.2. The van der Waals surface area contributed by atoms with Gasteiger partial charge in [-0.15, -0.1) is 22.7 Å². The third kappa shape index (κ3) is 20.1. The van der Waals surface area contributed by atoms with Crippen molar-refractivity contribution in [1.29, 1.82) is 15.8 Å². The van der Waals surface area contributed by atoms with Crippen molar-refractivity contribution in [3.63, 3.8) is 0 Å². The zero-order chi connectivity index (χ0) is 100. The molecule has 8 aromatic carbocycles. The normalized spacial score (nSPS) is 20.3. The highest BCUT2D eigenvalue weighted by atomic mass is 32.1. The number of carbonyl (C=O) groups is 5. The van der Waals surface area contributed by atoms with Gasteiger partial charge in [-0.3, -0.25) is 62.9 Å². The lowest BCUT2D eigenvalue weighted by Crippen LogP contribution is -2.52. The van der Waals surface area contributed by atoms with Gasteiger partial charge >= 0.3 is 0 Å². The van der Waals surface area contributed by atoms with Crippen LogP contribution in [0.1, 0.15) is 157 Å². The number of aromatic nitrogens is 6. The molecule has 0 bridgehead atoms. The Morgan fingerprint density at radius 2 is 0.986 bits per heavy atom. The molecule has 14 aromatic rings. The van der Waals surface area contributed by atoms with Crippen LogP contribution in [0.3, 0.4) is 0 Å². The molecule has 714 valence electrons. The van der Waals surface area contributed by atoms with Gasteiger partial charge < -0.3 is 37.9 Å². The maximum atomic E-state index is 13.8. The van der Waals surface area contributed by atoms with Crippen LogP contribution in [0, 0.1) is 39.9 Å². The second-order valence-electron chi connectivity index (χ2n) is 37.8. The molecule has 0 radical (unpaired) electrons. The molecule has 0 saturated carbocycles. The molecule has 31 heteroatoms. The zero-order valence-electron chi connectivity index (χ0n) is 81.1. The number of benzene rings is 8. The van der Waals surface area contributed by atoms with Crippen LogP contribution in [0.2, 0.25) is 0 Å². The largest absolute Gasteiger partial charge is 0.497 e. The Morgan fingerprint density at radius 1 is 0.504 bits per heavy atom. The molecular formula is C110H111N23O6S2. The van der Waals surface area contributed by atoms with Gasteiger partial charge in [0.05, 0.1) is 76.5 Å². The van der Waals surface area contributed by atoms with Crippen LogP contribution in [-0.4, -0.2) is 155 Å². The van der Waals surface area contributed by atoms with E-state index in [1.807, 2.05) is 240 Å². The van der Waals surface area contributed by atoms with Crippen LogP contribution in [0.4, 0.5) is 0 Å². The molecule has 141 heavy (non-hydrogen) atoms. The van der Waals surface area contributed by atoms with Crippen molar-refractivity contribution in [2.75, 3.05) is 47.9 Å². The van der Waals surface area contributed by atoms with Crippen LogP contribution in [0.5, 0.6) is 5.75 Å². The maximum absolute atomic E-state index is 13.8. The molecule has 5 amide bonds. The lowest BCUT2D eigenvalue weighted by atomic mass is 9.73. The van der Waals surface area contributed by atoms with Gasteiger partial charge in [-0.25, -0.2) is 20.0 Å². The van der Waals surface area contributed by atoms with E-state index in [1.165, 1.54) is 20.3 Å². The number of nitrogens with one attached hydrogen (secondary N) is 1. The number of nitriles is 3. The van der Waals surface area contributed by atoms with Crippen molar-refractivity contribution in [3.8, 4) is 68.6 Å². The number of thiophene rings is 2. The molecule has 0 spiro atoms. The minimum absolute atomic E-state index is 0.00967. The van der Waals surface area contributed by atoms with Crippen molar-refractivity contribution in [2.45, 2.75) is 127 Å². The number of fused-ring (bicyclic) bond motifs is 2. The average Bonchev–Trinajstić information content (AvgIpc) is 1.70. The standard InChI is InChI=1S/C32H38N6O3.C28H29N5O.2C25H22N6OS/c1-22(39)37-15-11-24(12-16-37)21-38-30(40)32(2,36-31(38)33)27-6-4-5-25(17-27)29-18-28(41-3)8-7-26(29)20-35-19-23-9-13-34-14-10-23;1-27(2,3)21-11-9-19(10-12-21)24-25(34)33(5)26(30)32-28(24,4)22-13-14-31-23(16-22)20-8-6-7-18(15-20)17-29;2*1-25(21-11-19(14-33-21)16-6-4-5-15(9-16)12-26)22(23(32)31(3)24(27)28-25)17-7-8-20-18(10-17)13-30(2)29-20/h4-10,13-14,17-18,24,35H,11-12,15-16,19-21H2,1-3H3,(H2,33,36);6-16,24H,1-5H3,(H2,30,32);2*4-11,13-14,22H,1-3H3,(H2,27,28)/t;24-,28+;22-,25+;22-,25-/m.001/s1. The minimum Gasteiger partial charge on any atom is -0.497 e. The first-order valence-corrected chi connectivity index (χ1v) is 48.0. The smallest absolute Gasteiger partial charge is 0.261 e. The lowest BCUT2D eigenvalue weighted by molar-refractivity contribution is -0.133. The van der Waals surface area contributed by atoms with Crippen molar-refractivity contribution in [1.82, 2.24) is 59.3 Å². The fraction of sp³-hybridized carbons (Fsp3) is 0.273. The topological polar surface area (TPSA) is 409 Å². The Hall–Kier alpha value is -16.1. The molecule has 1 unspecified atom stereocenters. The van der Waals surface area contributed by atoms with Gasteiger partial charge in [0.1, 0.15) is 22.4 Å². The van der Waals surface area contributed by atoms with Crippen LogP contribution < -0.4 is 33.0 Å². The summed E-state index contributed by atoms with van der Waals surface area (Å²) in [5.74, 6) is -0.125. The highest BCUT2D eigenvalue weighted by Gasteiger charge is 2.52. The Kier molecular flexibility index (Phi) is 27.9. The lowest BCUT2D eigenvalue weighted by Gasteiger charge is -2.41. The molecular weight excluding hydrogens is 1800 g/mol. The summed E-state index contributed by atoms with van der Waals surface area (Å²) < 4.78 is 9.07. The predicted molar refractivity (Wildman–Crippen MR) is 552 cm³/mol. The number of piperidine rings is 1. The number of amides is 5. The van der Waals surface area contributed by atoms with E-state index >= 15 is 0 Å². The summed E-state index contributed by atoms with van der Waals surface area (Å²) >= 11 is 3.08. The number of likely N-dealkylation sites (tertiary alicyclic amines) is 1. The molecule has 0 aliphatic carbocycles. The summed E-state index contributed by atoms with van der Waals surface area (Å²) in [7, 11) is 10.4. The molecule has 9 N–H and O–H groups in total. The second kappa shape index (κ2) is 40.1. The first kappa shape index (κ1) is 97.9. The second-order valence-corrected chi connectivity index (χ2v) is 39.7. The number of nitrogens with two attached hydrogens (primary N) is 4. The van der Waals surface area contributed by atoms with Gasteiger partial charge in [-0.05, 0) is 256 Å². The Labute approximate surface area is 827 Å². The first-order chi connectivity index (χ1) is 67.4. The van der Waals surface area contributed by atoms with E-state index < -0.39 is 39.9 Å². The molecule has 11 heterocycles. The molecule has 6 aromatic heterocycles. The molecule has 5 aliphatic heterocycles. The van der Waals surface area contributed by atoms with Crippen molar-refractivity contribution in [3.05, 3.63) is 325 Å². The quantitative estimate of drug-likeness (QED) is 0.0532. The van der Waals surface area contributed by atoms with E-state index in [0.29, 0.717) is 48.6 Å². The summed E-state index contributed by atoms with van der Waals surface area (Å²) in [5.41, 5.74) is 39.7. The van der Waals surface area contributed by atoms with E-state index in [4.69, 9.17) is 47.6 Å². The number of ether oxygens (including phenoxy) is 1. The molecule has 29 nitrogen and oxygen atoms in total. The van der Waals surface area contributed by atoms with E-state index in [9.17, 15) is 39.8 Å².